The van der Waals surface area contributed by atoms with E-state index in [0.29, 0.717) is 5.88 Å². The summed E-state index contributed by atoms with van der Waals surface area (Å²) in [6.07, 6.45) is 0. The summed E-state index contributed by atoms with van der Waals surface area (Å²) in [5.74, 6) is 1.55. The Balaban J connectivity index is 3.38. The first-order valence-electron chi connectivity index (χ1n) is 5.81. The van der Waals surface area contributed by atoms with Crippen molar-refractivity contribution >= 4 is 11.6 Å². The summed E-state index contributed by atoms with van der Waals surface area (Å²) < 4.78 is 5.39. The van der Waals surface area contributed by atoms with Crippen molar-refractivity contribution in [2.24, 2.45) is 0 Å². The molecule has 0 amide bonds. The molecule has 0 spiro atoms. The minimum Gasteiger partial charge on any atom is -0.496 e. The topological polar surface area (TPSA) is 12.5 Å². The Hall–Kier alpha value is -0.730. The third-order valence-corrected chi connectivity index (χ3v) is 3.72. The molecule has 0 N–H and O–H groups in total. The van der Waals surface area contributed by atoms with Crippen molar-refractivity contribution in [1.29, 1.82) is 0 Å². The highest BCUT2D eigenvalue weighted by molar-refractivity contribution is 6.18. The van der Waals surface area contributed by atoms with E-state index in [-0.39, 0.29) is 6.04 Å². The van der Waals surface area contributed by atoms with Gasteiger partial charge >= 0.3 is 0 Å². The van der Waals surface area contributed by atoms with Gasteiger partial charge in [-0.2, -0.15) is 0 Å². The molecule has 1 aromatic carbocycles. The van der Waals surface area contributed by atoms with Gasteiger partial charge in [0.25, 0.3) is 0 Å². The first kappa shape index (κ1) is 14.3. The first-order valence-corrected chi connectivity index (χ1v) is 6.34. The lowest BCUT2D eigenvalue weighted by atomic mass is 9.92. The number of hydrogen-bond donors (Lipinski definition) is 0. The van der Waals surface area contributed by atoms with Crippen LogP contribution in [0.2, 0.25) is 0 Å². The van der Waals surface area contributed by atoms with Crippen molar-refractivity contribution in [3.8, 4) is 5.75 Å². The molecule has 0 aromatic heterocycles. The minimum atomic E-state index is 0.251. The summed E-state index contributed by atoms with van der Waals surface area (Å²) >= 11 is 6.09. The molecule has 17 heavy (non-hydrogen) atoms. The van der Waals surface area contributed by atoms with Gasteiger partial charge in [0.15, 0.2) is 0 Å². The predicted molar refractivity (Wildman–Crippen MR) is 74.4 cm³/mol. The average molecular weight is 256 g/mol. The Morgan fingerprint density at radius 1 is 1.24 bits per heavy atom. The van der Waals surface area contributed by atoms with Crippen LogP contribution in [0.15, 0.2) is 6.07 Å². The molecule has 0 aliphatic carbocycles. The number of rotatable bonds is 4. The average Bonchev–Trinajstić information content (AvgIpc) is 2.28. The summed E-state index contributed by atoms with van der Waals surface area (Å²) in [7, 11) is 5.84. The van der Waals surface area contributed by atoms with Gasteiger partial charge in [-0.25, -0.2) is 0 Å². The lowest BCUT2D eigenvalue weighted by Crippen LogP contribution is -2.23. The van der Waals surface area contributed by atoms with E-state index in [2.05, 4.69) is 45.8 Å². The second kappa shape index (κ2) is 5.74. The Morgan fingerprint density at radius 3 is 2.24 bits per heavy atom. The fourth-order valence-corrected chi connectivity index (χ4v) is 2.69. The smallest absolute Gasteiger partial charge is 0.122 e. The van der Waals surface area contributed by atoms with E-state index in [1.54, 1.807) is 7.11 Å². The summed E-state index contributed by atoms with van der Waals surface area (Å²) in [6.45, 7) is 6.36. The lowest BCUT2D eigenvalue weighted by molar-refractivity contribution is 0.322. The monoisotopic (exact) mass is 255 g/mol. The van der Waals surface area contributed by atoms with Gasteiger partial charge in [0.2, 0.25) is 0 Å². The van der Waals surface area contributed by atoms with E-state index in [9.17, 15) is 0 Å². The molecule has 1 rings (SSSR count). The van der Waals surface area contributed by atoms with Crippen LogP contribution in [0.3, 0.4) is 0 Å². The van der Waals surface area contributed by atoms with E-state index < -0.39 is 0 Å². The Labute approximate surface area is 110 Å². The van der Waals surface area contributed by atoms with E-state index in [1.807, 2.05) is 0 Å². The molecule has 96 valence electrons. The third-order valence-electron chi connectivity index (χ3n) is 3.43. The predicted octanol–water partition coefficient (Wildman–Crippen LogP) is 3.46. The molecule has 0 saturated heterocycles. The van der Waals surface area contributed by atoms with E-state index in [0.717, 1.165) is 5.75 Å². The number of hydrogen-bond acceptors (Lipinski definition) is 2. The minimum absolute atomic E-state index is 0.251. The Morgan fingerprint density at radius 2 is 1.82 bits per heavy atom. The van der Waals surface area contributed by atoms with Gasteiger partial charge in [0, 0.05) is 11.9 Å². The van der Waals surface area contributed by atoms with Gasteiger partial charge in [-0.1, -0.05) is 0 Å². The van der Waals surface area contributed by atoms with Crippen LogP contribution >= 0.6 is 11.6 Å². The highest BCUT2D eigenvalue weighted by atomic mass is 35.5. The lowest BCUT2D eigenvalue weighted by Gasteiger charge is -2.27. The number of nitrogens with zero attached hydrogens (tertiary/aromatic N) is 1. The normalized spacial score (nSPS) is 12.9. The molecule has 1 aromatic rings. The third kappa shape index (κ3) is 2.75. The molecule has 1 atom stereocenters. The van der Waals surface area contributed by atoms with E-state index >= 15 is 0 Å². The van der Waals surface area contributed by atoms with Crippen LogP contribution in [-0.2, 0) is 0 Å². The van der Waals surface area contributed by atoms with Crippen molar-refractivity contribution in [1.82, 2.24) is 4.90 Å². The van der Waals surface area contributed by atoms with Crippen molar-refractivity contribution in [2.75, 3.05) is 27.1 Å². The summed E-state index contributed by atoms with van der Waals surface area (Å²) in [4.78, 5) is 2.16. The van der Waals surface area contributed by atoms with Gasteiger partial charge in [-0.05, 0) is 63.2 Å². The maximum absolute atomic E-state index is 6.09. The van der Waals surface area contributed by atoms with Crippen LogP contribution in [0.4, 0.5) is 0 Å². The van der Waals surface area contributed by atoms with E-state index in [1.165, 1.54) is 22.3 Å². The van der Waals surface area contributed by atoms with Crippen LogP contribution in [0.1, 0.15) is 28.3 Å². The maximum atomic E-state index is 6.09. The fourth-order valence-electron chi connectivity index (χ4n) is 2.26. The molecule has 0 aliphatic rings. The highest BCUT2D eigenvalue weighted by Gasteiger charge is 2.20. The van der Waals surface area contributed by atoms with Crippen LogP contribution in [0, 0.1) is 20.8 Å². The van der Waals surface area contributed by atoms with Crippen molar-refractivity contribution < 1.29 is 4.74 Å². The zero-order valence-electron chi connectivity index (χ0n) is 11.6. The Kier molecular flexibility index (Phi) is 4.84. The van der Waals surface area contributed by atoms with Crippen LogP contribution < -0.4 is 4.74 Å². The molecular formula is C14H22ClNO. The van der Waals surface area contributed by atoms with Crippen LogP contribution in [-0.4, -0.2) is 32.0 Å². The molecule has 0 aliphatic heterocycles. The van der Waals surface area contributed by atoms with E-state index in [4.69, 9.17) is 16.3 Å². The molecule has 0 radical (unpaired) electrons. The largest absolute Gasteiger partial charge is 0.496 e. The number of aryl methyl sites for hydroxylation is 1. The van der Waals surface area contributed by atoms with Gasteiger partial charge in [-0.3, -0.25) is 0 Å². The van der Waals surface area contributed by atoms with Crippen molar-refractivity contribution in [3.63, 3.8) is 0 Å². The van der Waals surface area contributed by atoms with Crippen molar-refractivity contribution in [2.45, 2.75) is 26.8 Å². The number of benzene rings is 1. The number of methoxy groups -OCH3 is 1. The van der Waals surface area contributed by atoms with Gasteiger partial charge in [-0.15, -0.1) is 11.6 Å². The van der Waals surface area contributed by atoms with Gasteiger partial charge in [0.1, 0.15) is 5.75 Å². The molecule has 1 unspecified atom stereocenters. The number of alkyl halides is 1. The summed E-state index contributed by atoms with van der Waals surface area (Å²) in [6, 6.07) is 2.35. The van der Waals surface area contributed by atoms with Crippen LogP contribution in [0.25, 0.3) is 0 Å². The van der Waals surface area contributed by atoms with Crippen LogP contribution in [0.5, 0.6) is 5.75 Å². The number of ether oxygens (including phenoxy) is 1. The molecule has 0 heterocycles. The number of halogens is 1. The molecular weight excluding hydrogens is 234 g/mol. The van der Waals surface area contributed by atoms with Gasteiger partial charge in [0.05, 0.1) is 7.11 Å². The zero-order valence-corrected chi connectivity index (χ0v) is 12.4. The molecule has 0 fully saturated rings. The molecule has 3 heteroatoms. The maximum Gasteiger partial charge on any atom is 0.122 e. The molecule has 0 saturated carbocycles. The fraction of sp³-hybridized carbons (Fsp3) is 0.571. The van der Waals surface area contributed by atoms with Gasteiger partial charge < -0.3 is 9.64 Å². The highest BCUT2D eigenvalue weighted by Crippen LogP contribution is 2.33. The van der Waals surface area contributed by atoms with Crippen molar-refractivity contribution in [3.05, 3.63) is 28.3 Å². The first-order chi connectivity index (χ1) is 7.93. The SMILES string of the molecule is COc1cc(C)c(C(CCl)N(C)C)c(C)c1C. The quantitative estimate of drug-likeness (QED) is 0.764. The standard InChI is InChI=1S/C14H22ClNO/c1-9-7-13(17-6)10(2)11(3)14(9)12(8-15)16(4)5/h7,12H,8H2,1-6H3. The zero-order chi connectivity index (χ0) is 13.2. The second-order valence-electron chi connectivity index (χ2n) is 4.69. The second-order valence-corrected chi connectivity index (χ2v) is 5.00. The molecule has 0 bridgehead atoms. The summed E-state index contributed by atoms with van der Waals surface area (Å²) in [5, 5.41) is 0. The summed E-state index contributed by atoms with van der Waals surface area (Å²) in [5.41, 5.74) is 5.04. The Bertz CT molecular complexity index is 402. The molecule has 2 nitrogen and oxygen atoms in total.